The maximum absolute atomic E-state index is 13.9. The average Bonchev–Trinajstić information content (AvgIpc) is 2.89. The highest BCUT2D eigenvalue weighted by Gasteiger charge is 2.40. The van der Waals surface area contributed by atoms with Gasteiger partial charge in [-0.1, -0.05) is 30.7 Å². The summed E-state index contributed by atoms with van der Waals surface area (Å²) in [7, 11) is 1.59. The fourth-order valence-electron chi connectivity index (χ4n) is 5.91. The summed E-state index contributed by atoms with van der Waals surface area (Å²) in [6.07, 6.45) is 6.93. The Hall–Kier alpha value is -2.44. The lowest BCUT2D eigenvalue weighted by Crippen LogP contribution is -2.47. The topological polar surface area (TPSA) is 50.8 Å². The second-order valence-electron chi connectivity index (χ2n) is 10.6. The van der Waals surface area contributed by atoms with E-state index in [2.05, 4.69) is 24.1 Å². The predicted octanol–water partition coefficient (Wildman–Crippen LogP) is 5.61. The zero-order chi connectivity index (χ0) is 25.5. The first-order chi connectivity index (χ1) is 17.4. The highest BCUT2D eigenvalue weighted by atomic mass is 19.1. The molecule has 2 atom stereocenters. The molecule has 5 nitrogen and oxygen atoms in total. The van der Waals surface area contributed by atoms with Crippen molar-refractivity contribution in [1.29, 1.82) is 0 Å². The van der Waals surface area contributed by atoms with Crippen LogP contribution in [0, 0.1) is 11.2 Å². The molecule has 6 heteroatoms. The Balaban J connectivity index is 1.39. The number of carbonyl (C=O) groups excluding carboxylic acids is 1. The van der Waals surface area contributed by atoms with Gasteiger partial charge >= 0.3 is 0 Å². The minimum Gasteiger partial charge on any atom is -0.496 e. The van der Waals surface area contributed by atoms with Gasteiger partial charge in [0.15, 0.2) is 0 Å². The zero-order valence-corrected chi connectivity index (χ0v) is 22.0. The smallest absolute Gasteiger partial charge is 0.226 e. The molecule has 0 spiro atoms. The first-order valence-corrected chi connectivity index (χ1v) is 13.5. The number of hydrogen-bond donors (Lipinski definition) is 1. The Bertz CT molecular complexity index is 994. The molecule has 2 fully saturated rings. The molecule has 2 aliphatic heterocycles. The molecule has 0 bridgehead atoms. The van der Waals surface area contributed by atoms with E-state index >= 15 is 0 Å². The molecular weight excluding hydrogens is 455 g/mol. The number of carbonyl (C=O) groups is 1. The van der Waals surface area contributed by atoms with Crippen LogP contribution in [0.4, 0.5) is 4.39 Å². The van der Waals surface area contributed by atoms with E-state index in [4.69, 9.17) is 9.47 Å². The quantitative estimate of drug-likeness (QED) is 0.459. The molecule has 0 aromatic heterocycles. The molecule has 2 aromatic rings. The summed E-state index contributed by atoms with van der Waals surface area (Å²) in [4.78, 5) is 16.1. The molecule has 0 radical (unpaired) electrons. The van der Waals surface area contributed by atoms with Gasteiger partial charge < -0.3 is 14.8 Å². The minimum absolute atomic E-state index is 0.140. The van der Waals surface area contributed by atoms with Crippen molar-refractivity contribution in [2.24, 2.45) is 5.41 Å². The number of rotatable bonds is 9. The molecule has 2 aromatic carbocycles. The molecule has 0 saturated carbocycles. The van der Waals surface area contributed by atoms with Crippen molar-refractivity contribution in [2.75, 3.05) is 33.4 Å². The van der Waals surface area contributed by atoms with Gasteiger partial charge in [-0.05, 0) is 81.7 Å². The first-order valence-electron chi connectivity index (χ1n) is 13.5. The number of piperidine rings is 1. The summed E-state index contributed by atoms with van der Waals surface area (Å²) < 4.78 is 24.9. The van der Waals surface area contributed by atoms with E-state index in [1.807, 2.05) is 24.3 Å². The highest BCUT2D eigenvalue weighted by Crippen LogP contribution is 2.36. The van der Waals surface area contributed by atoms with E-state index < -0.39 is 5.41 Å². The number of benzene rings is 2. The Morgan fingerprint density at radius 1 is 1.11 bits per heavy atom. The Morgan fingerprint density at radius 2 is 1.81 bits per heavy atom. The van der Waals surface area contributed by atoms with E-state index in [-0.39, 0.29) is 11.7 Å². The summed E-state index contributed by atoms with van der Waals surface area (Å²) in [5.41, 5.74) is 2.26. The third-order valence-electron chi connectivity index (χ3n) is 8.16. The SMILES string of the molecule is COc1ccc(F)cc1-c1ccc(CC2(C(=O)NCCCN3C(C)CCCC3C)CCOCC2)cc1. The molecule has 2 unspecified atom stereocenters. The van der Waals surface area contributed by atoms with Crippen LogP contribution in [-0.2, 0) is 16.0 Å². The van der Waals surface area contributed by atoms with Crippen molar-refractivity contribution in [2.45, 2.75) is 70.9 Å². The van der Waals surface area contributed by atoms with Gasteiger partial charge in [-0.25, -0.2) is 4.39 Å². The number of halogens is 1. The summed E-state index contributed by atoms with van der Waals surface area (Å²) in [6, 6.07) is 13.9. The van der Waals surface area contributed by atoms with Crippen LogP contribution < -0.4 is 10.1 Å². The third-order valence-corrected chi connectivity index (χ3v) is 8.16. The van der Waals surface area contributed by atoms with Crippen LogP contribution in [0.15, 0.2) is 42.5 Å². The van der Waals surface area contributed by atoms with Gasteiger partial charge in [0.1, 0.15) is 11.6 Å². The van der Waals surface area contributed by atoms with Gasteiger partial charge in [0.25, 0.3) is 0 Å². The number of likely N-dealkylation sites (tertiary alicyclic amines) is 1. The molecule has 2 aliphatic rings. The maximum atomic E-state index is 13.9. The third kappa shape index (κ3) is 6.27. The number of hydrogen-bond acceptors (Lipinski definition) is 4. The standard InChI is InChI=1S/C30H41FN2O3/c1-22-6-4-7-23(2)33(22)17-5-16-32-29(34)30(14-18-36-19-15-30)21-24-8-10-25(11-9-24)27-20-26(31)12-13-28(27)35-3/h8-13,20,22-23H,4-7,14-19,21H2,1-3H3,(H,32,34). The van der Waals surface area contributed by atoms with E-state index in [0.717, 1.165) is 42.5 Å². The number of amides is 1. The molecule has 196 valence electrons. The van der Waals surface area contributed by atoms with Crippen molar-refractivity contribution in [3.8, 4) is 16.9 Å². The molecule has 2 heterocycles. The largest absolute Gasteiger partial charge is 0.496 e. The van der Waals surface area contributed by atoms with E-state index in [9.17, 15) is 9.18 Å². The number of nitrogens with zero attached hydrogens (tertiary/aromatic N) is 1. The molecular formula is C30H41FN2O3. The van der Waals surface area contributed by atoms with Crippen LogP contribution in [0.1, 0.15) is 57.9 Å². The lowest BCUT2D eigenvalue weighted by Gasteiger charge is -2.39. The molecule has 1 N–H and O–H groups in total. The van der Waals surface area contributed by atoms with Gasteiger partial charge in [0.05, 0.1) is 12.5 Å². The molecule has 1 amide bonds. The van der Waals surface area contributed by atoms with Crippen molar-refractivity contribution in [3.05, 3.63) is 53.8 Å². The van der Waals surface area contributed by atoms with Crippen molar-refractivity contribution in [1.82, 2.24) is 10.2 Å². The molecule has 0 aliphatic carbocycles. The highest BCUT2D eigenvalue weighted by molar-refractivity contribution is 5.83. The van der Waals surface area contributed by atoms with Gasteiger partial charge in [0.2, 0.25) is 5.91 Å². The molecule has 36 heavy (non-hydrogen) atoms. The lowest BCUT2D eigenvalue weighted by molar-refractivity contribution is -0.136. The van der Waals surface area contributed by atoms with E-state index in [1.165, 1.54) is 31.4 Å². The Morgan fingerprint density at radius 3 is 2.47 bits per heavy atom. The van der Waals surface area contributed by atoms with Gasteiger partial charge in [-0.3, -0.25) is 9.69 Å². The molecule has 2 saturated heterocycles. The maximum Gasteiger partial charge on any atom is 0.226 e. The monoisotopic (exact) mass is 496 g/mol. The van der Waals surface area contributed by atoms with Crippen LogP contribution in [-0.4, -0.2) is 56.3 Å². The van der Waals surface area contributed by atoms with Crippen molar-refractivity contribution in [3.63, 3.8) is 0 Å². The summed E-state index contributed by atoms with van der Waals surface area (Å²) in [5.74, 6) is 0.482. The second-order valence-corrected chi connectivity index (χ2v) is 10.6. The van der Waals surface area contributed by atoms with Gasteiger partial charge in [-0.2, -0.15) is 0 Å². The number of ether oxygens (including phenoxy) is 2. The van der Waals surface area contributed by atoms with E-state index in [1.54, 1.807) is 13.2 Å². The normalized spacial score (nSPS) is 22.2. The van der Waals surface area contributed by atoms with Gasteiger partial charge in [-0.15, -0.1) is 0 Å². The van der Waals surface area contributed by atoms with Crippen LogP contribution in [0.2, 0.25) is 0 Å². The number of nitrogens with one attached hydrogen (secondary N) is 1. The lowest BCUT2D eigenvalue weighted by atomic mass is 9.74. The Labute approximate surface area is 215 Å². The fourth-order valence-corrected chi connectivity index (χ4v) is 5.91. The van der Waals surface area contributed by atoms with Crippen LogP contribution >= 0.6 is 0 Å². The van der Waals surface area contributed by atoms with Crippen LogP contribution in [0.3, 0.4) is 0 Å². The Kier molecular flexibility index (Phi) is 9.02. The van der Waals surface area contributed by atoms with Crippen LogP contribution in [0.5, 0.6) is 5.75 Å². The van der Waals surface area contributed by atoms with Crippen molar-refractivity contribution < 1.29 is 18.7 Å². The van der Waals surface area contributed by atoms with E-state index in [0.29, 0.717) is 44.0 Å². The van der Waals surface area contributed by atoms with Crippen LogP contribution in [0.25, 0.3) is 11.1 Å². The average molecular weight is 497 g/mol. The molecule has 4 rings (SSSR count). The minimum atomic E-state index is -0.456. The second kappa shape index (κ2) is 12.2. The summed E-state index contributed by atoms with van der Waals surface area (Å²) in [5, 5.41) is 3.26. The van der Waals surface area contributed by atoms with Crippen molar-refractivity contribution >= 4 is 5.91 Å². The number of methoxy groups -OCH3 is 1. The first kappa shape index (κ1) is 26.6. The summed E-state index contributed by atoms with van der Waals surface area (Å²) in [6.45, 7) is 7.59. The van der Waals surface area contributed by atoms with Gasteiger partial charge in [0, 0.05) is 44.0 Å². The predicted molar refractivity (Wildman–Crippen MR) is 142 cm³/mol. The zero-order valence-electron chi connectivity index (χ0n) is 22.0. The fraction of sp³-hybridized carbons (Fsp3) is 0.567. The summed E-state index contributed by atoms with van der Waals surface area (Å²) >= 11 is 0.